The van der Waals surface area contributed by atoms with Crippen molar-refractivity contribution < 1.29 is 9.90 Å². The van der Waals surface area contributed by atoms with Crippen molar-refractivity contribution in [1.29, 1.82) is 0 Å². The summed E-state index contributed by atoms with van der Waals surface area (Å²) in [4.78, 5) is 11.5. The van der Waals surface area contributed by atoms with Gasteiger partial charge in [0.05, 0.1) is 6.54 Å². The number of hydrogen-bond donors (Lipinski definition) is 3. The fraction of sp³-hybridized carbons (Fsp3) is 0.417. The summed E-state index contributed by atoms with van der Waals surface area (Å²) in [6, 6.07) is 7.65. The Morgan fingerprint density at radius 2 is 2.12 bits per heavy atom. The molecule has 1 amide bonds. The van der Waals surface area contributed by atoms with Gasteiger partial charge in [-0.05, 0) is 31.5 Å². The summed E-state index contributed by atoms with van der Waals surface area (Å²) in [5.41, 5.74) is 1.89. The molecule has 0 aliphatic heterocycles. The number of hydrogen-bond acceptors (Lipinski definition) is 3. The molecule has 4 heteroatoms. The monoisotopic (exact) mass is 222 g/mol. The second kappa shape index (κ2) is 6.98. The second-order valence-corrected chi connectivity index (χ2v) is 3.62. The number of rotatable bonds is 6. The van der Waals surface area contributed by atoms with Crippen LogP contribution in [0.15, 0.2) is 24.3 Å². The van der Waals surface area contributed by atoms with Crippen LogP contribution < -0.4 is 10.6 Å². The van der Waals surface area contributed by atoms with E-state index in [0.29, 0.717) is 13.0 Å². The van der Waals surface area contributed by atoms with E-state index < -0.39 is 0 Å². The SMILES string of the molecule is Cc1ccccc1NC(=O)CNCCCO. The molecule has 3 N–H and O–H groups in total. The molecule has 0 bridgehead atoms. The minimum Gasteiger partial charge on any atom is -0.396 e. The molecule has 1 aromatic carbocycles. The highest BCUT2D eigenvalue weighted by atomic mass is 16.3. The van der Waals surface area contributed by atoms with Crippen LogP contribution in [0.25, 0.3) is 0 Å². The van der Waals surface area contributed by atoms with Gasteiger partial charge in [-0.3, -0.25) is 4.79 Å². The molecule has 0 fully saturated rings. The first-order valence-electron chi connectivity index (χ1n) is 5.41. The molecule has 0 aromatic heterocycles. The third-order valence-electron chi connectivity index (χ3n) is 2.22. The Labute approximate surface area is 95.7 Å². The Balaban J connectivity index is 2.32. The van der Waals surface area contributed by atoms with Crippen LogP contribution >= 0.6 is 0 Å². The number of aryl methyl sites for hydroxylation is 1. The van der Waals surface area contributed by atoms with E-state index in [4.69, 9.17) is 5.11 Å². The molecule has 1 aromatic rings. The average Bonchev–Trinajstić information content (AvgIpc) is 2.28. The highest BCUT2D eigenvalue weighted by molar-refractivity contribution is 5.92. The summed E-state index contributed by atoms with van der Waals surface area (Å²) < 4.78 is 0. The van der Waals surface area contributed by atoms with Gasteiger partial charge in [0.25, 0.3) is 0 Å². The number of anilines is 1. The lowest BCUT2D eigenvalue weighted by molar-refractivity contribution is -0.115. The number of aliphatic hydroxyl groups is 1. The van der Waals surface area contributed by atoms with Gasteiger partial charge in [-0.1, -0.05) is 18.2 Å². The minimum absolute atomic E-state index is 0.0627. The molecule has 0 saturated carbocycles. The van der Waals surface area contributed by atoms with Crippen molar-refractivity contribution in [3.63, 3.8) is 0 Å². The maximum absolute atomic E-state index is 11.5. The van der Waals surface area contributed by atoms with Crippen molar-refractivity contribution in [3.05, 3.63) is 29.8 Å². The molecule has 0 spiro atoms. The molecule has 0 saturated heterocycles. The topological polar surface area (TPSA) is 61.4 Å². The third kappa shape index (κ3) is 4.42. The van der Waals surface area contributed by atoms with Gasteiger partial charge in [0.15, 0.2) is 0 Å². The zero-order valence-corrected chi connectivity index (χ0v) is 9.49. The molecular weight excluding hydrogens is 204 g/mol. The van der Waals surface area contributed by atoms with Crippen molar-refractivity contribution in [2.24, 2.45) is 0 Å². The fourth-order valence-corrected chi connectivity index (χ4v) is 1.31. The lowest BCUT2D eigenvalue weighted by Gasteiger charge is -2.08. The molecule has 0 aliphatic rings. The van der Waals surface area contributed by atoms with E-state index in [0.717, 1.165) is 11.3 Å². The first-order valence-corrected chi connectivity index (χ1v) is 5.41. The normalized spacial score (nSPS) is 10.1. The lowest BCUT2D eigenvalue weighted by atomic mass is 10.2. The number of amides is 1. The van der Waals surface area contributed by atoms with E-state index >= 15 is 0 Å². The Morgan fingerprint density at radius 3 is 2.81 bits per heavy atom. The predicted molar refractivity (Wildman–Crippen MR) is 64.4 cm³/mol. The largest absolute Gasteiger partial charge is 0.396 e. The Bertz CT molecular complexity index is 340. The summed E-state index contributed by atoms with van der Waals surface area (Å²) in [6.07, 6.45) is 0.664. The van der Waals surface area contributed by atoms with Crippen LogP contribution in [0.5, 0.6) is 0 Å². The zero-order valence-electron chi connectivity index (χ0n) is 9.49. The molecular formula is C12H18N2O2. The number of aliphatic hydroxyl groups excluding tert-OH is 1. The summed E-state index contributed by atoms with van der Waals surface area (Å²) in [7, 11) is 0. The summed E-state index contributed by atoms with van der Waals surface area (Å²) >= 11 is 0. The molecule has 0 heterocycles. The standard InChI is InChI=1S/C12H18N2O2/c1-10-5-2-3-6-11(10)14-12(16)9-13-7-4-8-15/h2-3,5-6,13,15H,4,7-9H2,1H3,(H,14,16). The molecule has 4 nitrogen and oxygen atoms in total. The molecule has 16 heavy (non-hydrogen) atoms. The van der Waals surface area contributed by atoms with Crippen LogP contribution in [0, 0.1) is 6.92 Å². The molecule has 88 valence electrons. The summed E-state index contributed by atoms with van der Waals surface area (Å²) in [5, 5.41) is 14.3. The van der Waals surface area contributed by atoms with Crippen LogP contribution in [0.1, 0.15) is 12.0 Å². The number of carbonyl (C=O) groups is 1. The highest BCUT2D eigenvalue weighted by Crippen LogP contribution is 2.12. The molecule has 0 radical (unpaired) electrons. The number of benzene rings is 1. The van der Waals surface area contributed by atoms with Crippen molar-refractivity contribution >= 4 is 11.6 Å². The van der Waals surface area contributed by atoms with E-state index in [9.17, 15) is 4.79 Å². The molecule has 0 unspecified atom stereocenters. The van der Waals surface area contributed by atoms with Gasteiger partial charge >= 0.3 is 0 Å². The number of para-hydroxylation sites is 1. The van der Waals surface area contributed by atoms with Crippen molar-refractivity contribution in [2.45, 2.75) is 13.3 Å². The van der Waals surface area contributed by atoms with Gasteiger partial charge < -0.3 is 15.7 Å². The molecule has 0 atom stereocenters. The first kappa shape index (κ1) is 12.7. The predicted octanol–water partition coefficient (Wildman–Crippen LogP) is 0.906. The average molecular weight is 222 g/mol. The van der Waals surface area contributed by atoms with E-state index in [2.05, 4.69) is 10.6 Å². The van der Waals surface area contributed by atoms with Gasteiger partial charge in [0, 0.05) is 12.3 Å². The number of nitrogens with one attached hydrogen (secondary N) is 2. The van der Waals surface area contributed by atoms with Crippen LogP contribution in [0.3, 0.4) is 0 Å². The Hall–Kier alpha value is -1.39. The Kier molecular flexibility index (Phi) is 5.53. The summed E-state index contributed by atoms with van der Waals surface area (Å²) in [5.74, 6) is -0.0627. The van der Waals surface area contributed by atoms with E-state index in [1.54, 1.807) is 0 Å². The minimum atomic E-state index is -0.0627. The van der Waals surface area contributed by atoms with Gasteiger partial charge in [-0.15, -0.1) is 0 Å². The van der Waals surface area contributed by atoms with Crippen LogP contribution in [-0.2, 0) is 4.79 Å². The van der Waals surface area contributed by atoms with Gasteiger partial charge in [-0.2, -0.15) is 0 Å². The van der Waals surface area contributed by atoms with Gasteiger partial charge in [0.2, 0.25) is 5.91 Å². The van der Waals surface area contributed by atoms with Crippen molar-refractivity contribution in [3.8, 4) is 0 Å². The van der Waals surface area contributed by atoms with Gasteiger partial charge in [0.1, 0.15) is 0 Å². The quantitative estimate of drug-likeness (QED) is 0.627. The van der Waals surface area contributed by atoms with E-state index in [1.807, 2.05) is 31.2 Å². The fourth-order valence-electron chi connectivity index (χ4n) is 1.31. The first-order chi connectivity index (χ1) is 7.74. The Morgan fingerprint density at radius 1 is 1.38 bits per heavy atom. The second-order valence-electron chi connectivity index (χ2n) is 3.62. The third-order valence-corrected chi connectivity index (χ3v) is 2.22. The number of carbonyl (C=O) groups excluding carboxylic acids is 1. The van der Waals surface area contributed by atoms with E-state index in [-0.39, 0.29) is 19.1 Å². The van der Waals surface area contributed by atoms with Crippen molar-refractivity contribution in [1.82, 2.24) is 5.32 Å². The highest BCUT2D eigenvalue weighted by Gasteiger charge is 2.02. The van der Waals surface area contributed by atoms with Gasteiger partial charge in [-0.25, -0.2) is 0 Å². The van der Waals surface area contributed by atoms with Crippen LogP contribution in [0.2, 0.25) is 0 Å². The maximum atomic E-state index is 11.5. The molecule has 1 rings (SSSR count). The maximum Gasteiger partial charge on any atom is 0.238 e. The lowest BCUT2D eigenvalue weighted by Crippen LogP contribution is -2.29. The smallest absolute Gasteiger partial charge is 0.238 e. The zero-order chi connectivity index (χ0) is 11.8. The van der Waals surface area contributed by atoms with Crippen molar-refractivity contribution in [2.75, 3.05) is 25.0 Å². The van der Waals surface area contributed by atoms with Crippen LogP contribution in [-0.4, -0.2) is 30.7 Å². The van der Waals surface area contributed by atoms with E-state index in [1.165, 1.54) is 0 Å². The summed E-state index contributed by atoms with van der Waals surface area (Å²) in [6.45, 7) is 3.02. The molecule has 0 aliphatic carbocycles. The van der Waals surface area contributed by atoms with Crippen LogP contribution in [0.4, 0.5) is 5.69 Å².